The summed E-state index contributed by atoms with van der Waals surface area (Å²) in [5, 5.41) is 6.16. The molecule has 0 aromatic heterocycles. The molecule has 0 radical (unpaired) electrons. The highest BCUT2D eigenvalue weighted by atomic mass is 16.5. The molecule has 2 rings (SSSR count). The molecule has 0 bridgehead atoms. The highest BCUT2D eigenvalue weighted by Crippen LogP contribution is 2.22. The molecule has 0 spiro atoms. The molecule has 1 saturated heterocycles. The zero-order valence-electron chi connectivity index (χ0n) is 12.9. The minimum atomic E-state index is -0.0393. The topological polar surface area (TPSA) is 59.6 Å². The van der Waals surface area contributed by atoms with Gasteiger partial charge in [-0.05, 0) is 44.5 Å². The lowest BCUT2D eigenvalue weighted by molar-refractivity contribution is -0.119. The molecule has 5 nitrogen and oxygen atoms in total. The zero-order valence-corrected chi connectivity index (χ0v) is 12.9. The summed E-state index contributed by atoms with van der Waals surface area (Å²) >= 11 is 0. The minimum Gasteiger partial charge on any atom is -0.491 e. The molecule has 1 atom stereocenters. The number of amides is 1. The standard InChI is InChI=1S/C16H24N2O3/c1-11(2)21-13-4-5-15(12(3)8-13)18-16(19)9-14-10-17-6-7-20-14/h4-5,8,11,14,17H,6-7,9-10H2,1-3H3,(H,18,19). The molecule has 2 N–H and O–H groups in total. The van der Waals surface area contributed by atoms with Gasteiger partial charge >= 0.3 is 0 Å². The third-order valence-corrected chi connectivity index (χ3v) is 3.26. The molecule has 0 aliphatic carbocycles. The van der Waals surface area contributed by atoms with Gasteiger partial charge in [-0.1, -0.05) is 0 Å². The maximum atomic E-state index is 12.0. The Morgan fingerprint density at radius 1 is 1.52 bits per heavy atom. The fourth-order valence-corrected chi connectivity index (χ4v) is 2.28. The van der Waals surface area contributed by atoms with E-state index in [-0.39, 0.29) is 18.1 Å². The molecule has 1 aliphatic rings. The number of hydrogen-bond acceptors (Lipinski definition) is 4. The first-order valence-electron chi connectivity index (χ1n) is 7.44. The Bertz CT molecular complexity index is 482. The van der Waals surface area contributed by atoms with E-state index < -0.39 is 0 Å². The summed E-state index contributed by atoms with van der Waals surface area (Å²) in [6, 6.07) is 5.69. The summed E-state index contributed by atoms with van der Waals surface area (Å²) in [5.74, 6) is 0.796. The zero-order chi connectivity index (χ0) is 15.2. The molecular formula is C16H24N2O3. The molecule has 0 saturated carbocycles. The number of nitrogens with one attached hydrogen (secondary N) is 2. The number of benzene rings is 1. The summed E-state index contributed by atoms with van der Waals surface area (Å²) in [7, 11) is 0. The number of carbonyl (C=O) groups is 1. The van der Waals surface area contributed by atoms with Gasteiger partial charge in [0.2, 0.25) is 5.91 Å². The maximum Gasteiger partial charge on any atom is 0.227 e. The van der Waals surface area contributed by atoms with E-state index >= 15 is 0 Å². The van der Waals surface area contributed by atoms with Gasteiger partial charge in [0.25, 0.3) is 0 Å². The monoisotopic (exact) mass is 292 g/mol. The van der Waals surface area contributed by atoms with Crippen molar-refractivity contribution in [2.45, 2.75) is 39.4 Å². The van der Waals surface area contributed by atoms with Crippen LogP contribution in [0.25, 0.3) is 0 Å². The SMILES string of the molecule is Cc1cc(OC(C)C)ccc1NC(=O)CC1CNCCO1. The Labute approximate surface area is 126 Å². The van der Waals surface area contributed by atoms with Gasteiger partial charge in [-0.15, -0.1) is 0 Å². The van der Waals surface area contributed by atoms with Crippen LogP contribution in [-0.4, -0.2) is 37.8 Å². The second-order valence-corrected chi connectivity index (χ2v) is 5.59. The molecule has 1 aromatic carbocycles. The number of anilines is 1. The van der Waals surface area contributed by atoms with Gasteiger partial charge in [-0.2, -0.15) is 0 Å². The lowest BCUT2D eigenvalue weighted by atomic mass is 10.1. The van der Waals surface area contributed by atoms with Crippen molar-refractivity contribution in [1.82, 2.24) is 5.32 Å². The fourth-order valence-electron chi connectivity index (χ4n) is 2.28. The predicted octanol–water partition coefficient (Wildman–Crippen LogP) is 2.10. The molecule has 1 fully saturated rings. The van der Waals surface area contributed by atoms with Crippen molar-refractivity contribution in [3.8, 4) is 5.75 Å². The molecule has 1 amide bonds. The van der Waals surface area contributed by atoms with E-state index in [0.717, 1.165) is 30.1 Å². The second-order valence-electron chi connectivity index (χ2n) is 5.59. The van der Waals surface area contributed by atoms with Crippen molar-refractivity contribution in [2.75, 3.05) is 25.0 Å². The van der Waals surface area contributed by atoms with Crippen LogP contribution in [0, 0.1) is 6.92 Å². The predicted molar refractivity (Wildman–Crippen MR) is 82.8 cm³/mol. The average molecular weight is 292 g/mol. The quantitative estimate of drug-likeness (QED) is 0.872. The molecule has 1 heterocycles. The van der Waals surface area contributed by atoms with Crippen LogP contribution in [0.2, 0.25) is 0 Å². The van der Waals surface area contributed by atoms with Gasteiger partial charge in [0, 0.05) is 18.8 Å². The Balaban J connectivity index is 1.90. The maximum absolute atomic E-state index is 12.0. The minimum absolute atomic E-state index is 0.0238. The Morgan fingerprint density at radius 3 is 2.95 bits per heavy atom. The average Bonchev–Trinajstić information content (AvgIpc) is 2.42. The van der Waals surface area contributed by atoms with Crippen molar-refractivity contribution in [1.29, 1.82) is 0 Å². The van der Waals surface area contributed by atoms with Crippen LogP contribution < -0.4 is 15.4 Å². The first kappa shape index (κ1) is 15.8. The van der Waals surface area contributed by atoms with E-state index in [1.54, 1.807) is 0 Å². The lowest BCUT2D eigenvalue weighted by Gasteiger charge is -2.23. The molecule has 1 unspecified atom stereocenters. The summed E-state index contributed by atoms with van der Waals surface area (Å²) < 4.78 is 11.2. The summed E-state index contributed by atoms with van der Waals surface area (Å²) in [4.78, 5) is 12.0. The smallest absolute Gasteiger partial charge is 0.227 e. The molecule has 21 heavy (non-hydrogen) atoms. The van der Waals surface area contributed by atoms with Crippen molar-refractivity contribution in [2.24, 2.45) is 0 Å². The number of aryl methyl sites for hydroxylation is 1. The van der Waals surface area contributed by atoms with E-state index in [2.05, 4.69) is 10.6 Å². The highest BCUT2D eigenvalue weighted by Gasteiger charge is 2.17. The largest absolute Gasteiger partial charge is 0.491 e. The number of rotatable bonds is 5. The summed E-state index contributed by atoms with van der Waals surface area (Å²) in [5.41, 5.74) is 1.81. The van der Waals surface area contributed by atoms with Gasteiger partial charge in [-0.25, -0.2) is 0 Å². The van der Waals surface area contributed by atoms with E-state index in [1.807, 2.05) is 39.0 Å². The van der Waals surface area contributed by atoms with Crippen LogP contribution in [0.3, 0.4) is 0 Å². The normalized spacial score (nSPS) is 18.6. The Morgan fingerprint density at radius 2 is 2.33 bits per heavy atom. The van der Waals surface area contributed by atoms with Crippen molar-refractivity contribution in [3.05, 3.63) is 23.8 Å². The molecule has 5 heteroatoms. The highest BCUT2D eigenvalue weighted by molar-refractivity contribution is 5.91. The number of carbonyl (C=O) groups excluding carboxylic acids is 1. The van der Waals surface area contributed by atoms with E-state index in [0.29, 0.717) is 13.0 Å². The number of hydrogen-bond donors (Lipinski definition) is 2. The van der Waals surface area contributed by atoms with Gasteiger partial charge < -0.3 is 20.1 Å². The van der Waals surface area contributed by atoms with Crippen LogP contribution >= 0.6 is 0 Å². The van der Waals surface area contributed by atoms with Crippen LogP contribution in [0.4, 0.5) is 5.69 Å². The Hall–Kier alpha value is -1.59. The van der Waals surface area contributed by atoms with E-state index in [9.17, 15) is 4.79 Å². The van der Waals surface area contributed by atoms with Gasteiger partial charge in [-0.3, -0.25) is 4.79 Å². The number of morpholine rings is 1. The van der Waals surface area contributed by atoms with Gasteiger partial charge in [0.1, 0.15) is 5.75 Å². The van der Waals surface area contributed by atoms with Gasteiger partial charge in [0.15, 0.2) is 0 Å². The van der Waals surface area contributed by atoms with Crippen molar-refractivity contribution >= 4 is 11.6 Å². The number of ether oxygens (including phenoxy) is 2. The third-order valence-electron chi connectivity index (χ3n) is 3.26. The summed E-state index contributed by atoms with van der Waals surface area (Å²) in [6.45, 7) is 8.19. The van der Waals surface area contributed by atoms with Crippen LogP contribution in [-0.2, 0) is 9.53 Å². The van der Waals surface area contributed by atoms with Crippen LogP contribution in [0.15, 0.2) is 18.2 Å². The van der Waals surface area contributed by atoms with Crippen molar-refractivity contribution < 1.29 is 14.3 Å². The molecule has 116 valence electrons. The second kappa shape index (κ2) is 7.43. The van der Waals surface area contributed by atoms with Crippen LogP contribution in [0.5, 0.6) is 5.75 Å². The lowest BCUT2D eigenvalue weighted by Crippen LogP contribution is -2.40. The van der Waals surface area contributed by atoms with Crippen LogP contribution in [0.1, 0.15) is 25.8 Å². The molecule has 1 aliphatic heterocycles. The summed E-state index contributed by atoms with van der Waals surface area (Å²) in [6.07, 6.45) is 0.472. The van der Waals surface area contributed by atoms with E-state index in [1.165, 1.54) is 0 Å². The fraction of sp³-hybridized carbons (Fsp3) is 0.562. The molecule has 1 aromatic rings. The van der Waals surface area contributed by atoms with E-state index in [4.69, 9.17) is 9.47 Å². The van der Waals surface area contributed by atoms with Crippen molar-refractivity contribution in [3.63, 3.8) is 0 Å². The first-order chi connectivity index (χ1) is 10.0. The molecular weight excluding hydrogens is 268 g/mol. The first-order valence-corrected chi connectivity index (χ1v) is 7.44. The Kier molecular flexibility index (Phi) is 5.59. The third kappa shape index (κ3) is 5.02. The van der Waals surface area contributed by atoms with Gasteiger partial charge in [0.05, 0.1) is 25.2 Å².